The molecule has 1 heterocycles. The molecular formula is C28H29N3O3S. The summed E-state index contributed by atoms with van der Waals surface area (Å²) in [6, 6.07) is 25.1. The van der Waals surface area contributed by atoms with Crippen LogP contribution in [-0.4, -0.2) is 33.4 Å². The Morgan fingerprint density at radius 2 is 1.54 bits per heavy atom. The lowest BCUT2D eigenvalue weighted by molar-refractivity contribution is 0.102. The summed E-state index contributed by atoms with van der Waals surface area (Å²) in [5.74, 6) is 2.87. The standard InChI is InChI=1S/C28H29N3O3S/c1-19(2)21-10-16-25(17-11-21)34-20(3)27-29-30-28(31(27)23-8-6-5-7-9-23)35-18-26(32)22-12-14-24(33-4)15-13-22/h5-17,19-20H,18H2,1-4H3. The molecule has 0 aliphatic heterocycles. The molecule has 0 N–H and O–H groups in total. The lowest BCUT2D eigenvalue weighted by atomic mass is 10.0. The van der Waals surface area contributed by atoms with Crippen molar-refractivity contribution in [2.24, 2.45) is 0 Å². The Morgan fingerprint density at radius 1 is 0.886 bits per heavy atom. The van der Waals surface area contributed by atoms with Crippen molar-refractivity contribution >= 4 is 17.5 Å². The van der Waals surface area contributed by atoms with Gasteiger partial charge in [-0.3, -0.25) is 9.36 Å². The van der Waals surface area contributed by atoms with Crippen LogP contribution >= 0.6 is 11.8 Å². The fourth-order valence-corrected chi connectivity index (χ4v) is 4.49. The number of hydrogen-bond acceptors (Lipinski definition) is 6. The number of methoxy groups -OCH3 is 1. The van der Waals surface area contributed by atoms with E-state index in [9.17, 15) is 4.79 Å². The van der Waals surface area contributed by atoms with Crippen LogP contribution in [0.15, 0.2) is 84.0 Å². The quantitative estimate of drug-likeness (QED) is 0.188. The zero-order valence-electron chi connectivity index (χ0n) is 20.3. The van der Waals surface area contributed by atoms with Crippen LogP contribution in [0.3, 0.4) is 0 Å². The van der Waals surface area contributed by atoms with Gasteiger partial charge >= 0.3 is 0 Å². The summed E-state index contributed by atoms with van der Waals surface area (Å²) in [6.07, 6.45) is -0.348. The van der Waals surface area contributed by atoms with Crippen molar-refractivity contribution in [3.8, 4) is 17.2 Å². The molecule has 0 radical (unpaired) electrons. The number of ketones is 1. The van der Waals surface area contributed by atoms with Crippen LogP contribution in [-0.2, 0) is 0 Å². The molecule has 1 aromatic heterocycles. The molecule has 4 aromatic rings. The topological polar surface area (TPSA) is 66.2 Å². The van der Waals surface area contributed by atoms with Crippen molar-refractivity contribution < 1.29 is 14.3 Å². The second-order valence-electron chi connectivity index (χ2n) is 8.44. The summed E-state index contributed by atoms with van der Waals surface area (Å²) in [4.78, 5) is 12.8. The number of benzene rings is 3. The number of aromatic nitrogens is 3. The highest BCUT2D eigenvalue weighted by atomic mass is 32.2. The number of ether oxygens (including phenoxy) is 2. The largest absolute Gasteiger partial charge is 0.497 e. The van der Waals surface area contributed by atoms with Crippen LogP contribution in [0.4, 0.5) is 0 Å². The maximum absolute atomic E-state index is 12.8. The van der Waals surface area contributed by atoms with Gasteiger partial charge in [0.2, 0.25) is 0 Å². The van der Waals surface area contributed by atoms with Gasteiger partial charge in [0.25, 0.3) is 0 Å². The summed E-state index contributed by atoms with van der Waals surface area (Å²) in [7, 11) is 1.60. The SMILES string of the molecule is COc1ccc(C(=O)CSc2nnc(C(C)Oc3ccc(C(C)C)cc3)n2-c2ccccc2)cc1. The molecule has 6 nitrogen and oxygen atoms in total. The normalized spacial score (nSPS) is 11.9. The van der Waals surface area contributed by atoms with Gasteiger partial charge in [0.15, 0.2) is 22.9 Å². The molecule has 0 aliphatic rings. The van der Waals surface area contributed by atoms with Gasteiger partial charge in [-0.05, 0) is 66.9 Å². The maximum atomic E-state index is 12.8. The van der Waals surface area contributed by atoms with Gasteiger partial charge in [-0.2, -0.15) is 0 Å². The Kier molecular flexibility index (Phi) is 7.87. The molecule has 0 amide bonds. The second-order valence-corrected chi connectivity index (χ2v) is 9.38. The van der Waals surface area contributed by atoms with Crippen molar-refractivity contribution in [3.63, 3.8) is 0 Å². The summed E-state index contributed by atoms with van der Waals surface area (Å²) >= 11 is 1.36. The maximum Gasteiger partial charge on any atom is 0.196 e. The number of para-hydroxylation sites is 1. The molecule has 0 fully saturated rings. The van der Waals surface area contributed by atoms with E-state index >= 15 is 0 Å². The van der Waals surface area contributed by atoms with Gasteiger partial charge in [-0.15, -0.1) is 10.2 Å². The van der Waals surface area contributed by atoms with E-state index in [-0.39, 0.29) is 17.6 Å². The molecule has 4 rings (SSSR count). The lowest BCUT2D eigenvalue weighted by Crippen LogP contribution is -2.12. The predicted octanol–water partition coefficient (Wildman–Crippen LogP) is 6.51. The van der Waals surface area contributed by atoms with Crippen LogP contribution in [0.1, 0.15) is 54.5 Å². The van der Waals surface area contributed by atoms with Crippen LogP contribution in [0.25, 0.3) is 5.69 Å². The van der Waals surface area contributed by atoms with E-state index in [0.29, 0.717) is 22.5 Å². The van der Waals surface area contributed by atoms with Crippen molar-refractivity contribution in [1.29, 1.82) is 0 Å². The molecular weight excluding hydrogens is 458 g/mol. The van der Waals surface area contributed by atoms with E-state index in [2.05, 4.69) is 36.2 Å². The minimum atomic E-state index is -0.348. The van der Waals surface area contributed by atoms with Gasteiger partial charge < -0.3 is 9.47 Å². The van der Waals surface area contributed by atoms with Crippen LogP contribution in [0, 0.1) is 0 Å². The molecule has 7 heteroatoms. The van der Waals surface area contributed by atoms with Gasteiger partial charge in [-0.1, -0.05) is 55.9 Å². The molecule has 0 spiro atoms. The Balaban J connectivity index is 1.55. The first-order valence-corrected chi connectivity index (χ1v) is 12.5. The summed E-state index contributed by atoms with van der Waals surface area (Å²) in [5, 5.41) is 9.49. The Labute approximate surface area is 210 Å². The molecule has 0 saturated heterocycles. The predicted molar refractivity (Wildman–Crippen MR) is 139 cm³/mol. The summed E-state index contributed by atoms with van der Waals surface area (Å²) in [6.45, 7) is 6.29. The Hall–Kier alpha value is -3.58. The average Bonchev–Trinajstić information content (AvgIpc) is 3.32. The van der Waals surface area contributed by atoms with E-state index in [1.807, 2.05) is 54.0 Å². The second kappa shape index (κ2) is 11.2. The number of carbonyl (C=O) groups excluding carboxylic acids is 1. The molecule has 3 aromatic carbocycles. The number of nitrogens with zero attached hydrogens (tertiary/aromatic N) is 3. The van der Waals surface area contributed by atoms with Crippen LogP contribution in [0.5, 0.6) is 11.5 Å². The molecule has 180 valence electrons. The first-order valence-electron chi connectivity index (χ1n) is 11.5. The van der Waals surface area contributed by atoms with E-state index in [1.165, 1.54) is 17.3 Å². The Bertz CT molecular complexity index is 1250. The third-order valence-electron chi connectivity index (χ3n) is 5.64. The zero-order chi connectivity index (χ0) is 24.8. The molecule has 0 saturated carbocycles. The van der Waals surface area contributed by atoms with E-state index in [0.717, 1.165) is 17.2 Å². The van der Waals surface area contributed by atoms with E-state index in [1.54, 1.807) is 31.4 Å². The first-order chi connectivity index (χ1) is 17.0. The molecule has 35 heavy (non-hydrogen) atoms. The van der Waals surface area contributed by atoms with Crippen molar-refractivity contribution in [2.75, 3.05) is 12.9 Å². The van der Waals surface area contributed by atoms with Crippen molar-refractivity contribution in [2.45, 2.75) is 37.9 Å². The zero-order valence-corrected chi connectivity index (χ0v) is 21.2. The fourth-order valence-electron chi connectivity index (χ4n) is 3.64. The van der Waals surface area contributed by atoms with Crippen LogP contribution < -0.4 is 9.47 Å². The minimum absolute atomic E-state index is 0.0105. The van der Waals surface area contributed by atoms with Crippen molar-refractivity contribution in [1.82, 2.24) is 14.8 Å². The third-order valence-corrected chi connectivity index (χ3v) is 6.57. The summed E-state index contributed by atoms with van der Waals surface area (Å²) in [5.41, 5.74) is 2.81. The minimum Gasteiger partial charge on any atom is -0.497 e. The number of rotatable bonds is 10. The number of thioether (sulfide) groups is 1. The van der Waals surface area contributed by atoms with Gasteiger partial charge in [0.05, 0.1) is 12.9 Å². The van der Waals surface area contributed by atoms with E-state index < -0.39 is 0 Å². The average molecular weight is 488 g/mol. The van der Waals surface area contributed by atoms with Crippen molar-refractivity contribution in [3.05, 3.63) is 95.8 Å². The van der Waals surface area contributed by atoms with Crippen LogP contribution in [0.2, 0.25) is 0 Å². The highest BCUT2D eigenvalue weighted by Crippen LogP contribution is 2.29. The van der Waals surface area contributed by atoms with Gasteiger partial charge in [-0.25, -0.2) is 0 Å². The number of carbonyl (C=O) groups is 1. The highest BCUT2D eigenvalue weighted by molar-refractivity contribution is 7.99. The lowest BCUT2D eigenvalue weighted by Gasteiger charge is -2.17. The van der Waals surface area contributed by atoms with E-state index in [4.69, 9.17) is 9.47 Å². The monoisotopic (exact) mass is 487 g/mol. The fraction of sp³-hybridized carbons (Fsp3) is 0.250. The number of hydrogen-bond donors (Lipinski definition) is 0. The molecule has 0 bridgehead atoms. The smallest absolute Gasteiger partial charge is 0.196 e. The van der Waals surface area contributed by atoms with Gasteiger partial charge in [0, 0.05) is 11.3 Å². The first kappa shape index (κ1) is 24.5. The summed E-state index contributed by atoms with van der Waals surface area (Å²) < 4.78 is 13.4. The number of Topliss-reactive ketones (excluding diaryl/α,β-unsaturated/α-hetero) is 1. The molecule has 0 aliphatic carbocycles. The Morgan fingerprint density at radius 3 is 2.17 bits per heavy atom. The molecule has 1 atom stereocenters. The highest BCUT2D eigenvalue weighted by Gasteiger charge is 2.22. The third kappa shape index (κ3) is 5.92. The van der Waals surface area contributed by atoms with Gasteiger partial charge in [0.1, 0.15) is 11.5 Å². The molecule has 1 unspecified atom stereocenters.